The van der Waals surface area contributed by atoms with Crippen molar-refractivity contribution in [1.82, 2.24) is 0 Å². The first kappa shape index (κ1) is 10.3. The van der Waals surface area contributed by atoms with Crippen molar-refractivity contribution >= 4 is 8.03 Å². The largest absolute Gasteiger partial charge is 0.330 e. The molecule has 0 aromatic carbocycles. The molecule has 1 aliphatic carbocycles. The molecule has 12 heavy (non-hydrogen) atoms. The Labute approximate surface area is 75.6 Å². The monoisotopic (exact) mass is 190 g/mol. The fourth-order valence-corrected chi connectivity index (χ4v) is 3.21. The van der Waals surface area contributed by atoms with Crippen molar-refractivity contribution in [2.45, 2.75) is 51.1 Å². The molecule has 1 aliphatic rings. The minimum Gasteiger partial charge on any atom is -0.330 e. The summed E-state index contributed by atoms with van der Waals surface area (Å²) in [7, 11) is -1.79. The van der Waals surface area contributed by atoms with Crippen LogP contribution in [0.25, 0.3) is 0 Å². The molecule has 1 saturated carbocycles. The lowest BCUT2D eigenvalue weighted by Gasteiger charge is -2.32. The van der Waals surface area contributed by atoms with Gasteiger partial charge in [0.2, 0.25) is 0 Å². The Hall–Kier alpha value is 0.190. The van der Waals surface area contributed by atoms with E-state index in [1.807, 2.05) is 6.92 Å². The van der Waals surface area contributed by atoms with Crippen LogP contribution in [0.4, 0.5) is 0 Å². The lowest BCUT2D eigenvalue weighted by atomic mass is 9.90. The van der Waals surface area contributed by atoms with Gasteiger partial charge in [-0.1, -0.05) is 26.2 Å². The lowest BCUT2D eigenvalue weighted by molar-refractivity contribution is 0.304. The van der Waals surface area contributed by atoms with E-state index in [1.54, 1.807) is 0 Å². The molecule has 0 spiro atoms. The lowest BCUT2D eigenvalue weighted by Crippen LogP contribution is -2.23. The Balaban J connectivity index is 2.50. The summed E-state index contributed by atoms with van der Waals surface area (Å²) in [6.07, 6.45) is 5.92. The van der Waals surface area contributed by atoms with Gasteiger partial charge in [-0.25, -0.2) is 0 Å². The molecule has 0 bridgehead atoms. The highest BCUT2D eigenvalue weighted by molar-refractivity contribution is 7.41. The highest BCUT2D eigenvalue weighted by atomic mass is 31.1. The fraction of sp³-hybridized carbons (Fsp3) is 1.00. The minimum absolute atomic E-state index is 0.0128. The molecule has 1 fully saturated rings. The van der Waals surface area contributed by atoms with Gasteiger partial charge in [0, 0.05) is 5.16 Å². The Morgan fingerprint density at radius 3 is 2.42 bits per heavy atom. The zero-order valence-corrected chi connectivity index (χ0v) is 9.06. The van der Waals surface area contributed by atoms with E-state index in [0.717, 1.165) is 12.8 Å². The van der Waals surface area contributed by atoms with E-state index < -0.39 is 8.03 Å². The smallest absolute Gasteiger partial charge is 0.197 e. The average Bonchev–Trinajstić information content (AvgIpc) is 2.06. The SMILES string of the molecule is CCO[PH](=O)C1(C)CCCCC1. The Kier molecular flexibility index (Phi) is 3.79. The third-order valence-corrected chi connectivity index (χ3v) is 4.76. The fourth-order valence-electron chi connectivity index (χ4n) is 1.84. The van der Waals surface area contributed by atoms with Crippen LogP contribution in [-0.2, 0) is 9.09 Å². The summed E-state index contributed by atoms with van der Waals surface area (Å²) in [6, 6.07) is 0. The Morgan fingerprint density at radius 1 is 1.33 bits per heavy atom. The molecular weight excluding hydrogens is 171 g/mol. The van der Waals surface area contributed by atoms with Gasteiger partial charge in [0.05, 0.1) is 6.61 Å². The minimum atomic E-state index is -1.79. The summed E-state index contributed by atoms with van der Waals surface area (Å²) >= 11 is 0. The van der Waals surface area contributed by atoms with Gasteiger partial charge in [-0.3, -0.25) is 4.57 Å². The number of hydrogen-bond acceptors (Lipinski definition) is 2. The molecule has 0 aliphatic heterocycles. The summed E-state index contributed by atoms with van der Waals surface area (Å²) in [6.45, 7) is 4.62. The zero-order valence-electron chi connectivity index (χ0n) is 8.06. The summed E-state index contributed by atoms with van der Waals surface area (Å²) in [4.78, 5) is 0. The molecule has 72 valence electrons. The van der Waals surface area contributed by atoms with Gasteiger partial charge in [-0.15, -0.1) is 0 Å². The molecule has 2 nitrogen and oxygen atoms in total. The van der Waals surface area contributed by atoms with E-state index in [0.29, 0.717) is 6.61 Å². The van der Waals surface area contributed by atoms with E-state index >= 15 is 0 Å². The molecule has 1 atom stereocenters. The van der Waals surface area contributed by atoms with Crippen molar-refractivity contribution < 1.29 is 9.09 Å². The van der Waals surface area contributed by atoms with Crippen molar-refractivity contribution in [3.63, 3.8) is 0 Å². The van der Waals surface area contributed by atoms with Gasteiger partial charge < -0.3 is 4.52 Å². The van der Waals surface area contributed by atoms with Gasteiger partial charge in [-0.05, 0) is 19.8 Å². The quantitative estimate of drug-likeness (QED) is 0.639. The van der Waals surface area contributed by atoms with Crippen LogP contribution in [0.15, 0.2) is 0 Å². The molecule has 1 unspecified atom stereocenters. The predicted octanol–water partition coefficient (Wildman–Crippen LogP) is 3.22. The van der Waals surface area contributed by atoms with E-state index in [4.69, 9.17) is 4.52 Å². The molecule has 1 rings (SSSR count). The van der Waals surface area contributed by atoms with E-state index in [9.17, 15) is 4.57 Å². The van der Waals surface area contributed by atoms with Crippen LogP contribution in [0.3, 0.4) is 0 Å². The van der Waals surface area contributed by atoms with Crippen LogP contribution >= 0.6 is 8.03 Å². The summed E-state index contributed by atoms with van der Waals surface area (Å²) in [5.74, 6) is 0. The van der Waals surface area contributed by atoms with Crippen LogP contribution in [-0.4, -0.2) is 11.8 Å². The molecule has 0 N–H and O–H groups in total. The Morgan fingerprint density at radius 2 is 1.92 bits per heavy atom. The van der Waals surface area contributed by atoms with E-state index in [-0.39, 0.29) is 5.16 Å². The average molecular weight is 190 g/mol. The first-order valence-corrected chi connectivity index (χ1v) is 6.18. The normalized spacial score (nSPS) is 25.2. The van der Waals surface area contributed by atoms with Crippen LogP contribution in [0, 0.1) is 0 Å². The van der Waals surface area contributed by atoms with Crippen LogP contribution in [0.1, 0.15) is 46.0 Å². The standard InChI is InChI=1S/C9H19O2P/c1-3-11-12(10)9(2)7-5-4-6-8-9/h12H,3-8H2,1-2H3. The van der Waals surface area contributed by atoms with E-state index in [2.05, 4.69) is 6.92 Å². The number of hydrogen-bond donors (Lipinski definition) is 0. The van der Waals surface area contributed by atoms with Crippen molar-refractivity contribution in [2.24, 2.45) is 0 Å². The second-order valence-electron chi connectivity index (χ2n) is 3.84. The van der Waals surface area contributed by atoms with Gasteiger partial charge in [0.25, 0.3) is 0 Å². The molecule has 0 saturated heterocycles. The first-order chi connectivity index (χ1) is 5.69. The molecule has 0 heterocycles. The molecule has 0 aromatic heterocycles. The maximum Gasteiger partial charge on any atom is 0.197 e. The molecular formula is C9H19O2P. The van der Waals surface area contributed by atoms with Gasteiger partial charge in [0.15, 0.2) is 8.03 Å². The van der Waals surface area contributed by atoms with Gasteiger partial charge in [-0.2, -0.15) is 0 Å². The predicted molar refractivity (Wildman–Crippen MR) is 52.1 cm³/mol. The highest BCUT2D eigenvalue weighted by Gasteiger charge is 2.33. The van der Waals surface area contributed by atoms with Crippen LogP contribution in [0.5, 0.6) is 0 Å². The molecule has 0 amide bonds. The Bertz CT molecular complexity index is 162. The summed E-state index contributed by atoms with van der Waals surface area (Å²) in [5.41, 5.74) is 0. The second kappa shape index (κ2) is 4.43. The third kappa shape index (κ3) is 2.34. The topological polar surface area (TPSA) is 26.3 Å². The summed E-state index contributed by atoms with van der Waals surface area (Å²) < 4.78 is 16.9. The first-order valence-electron chi connectivity index (χ1n) is 4.86. The third-order valence-electron chi connectivity index (χ3n) is 2.73. The van der Waals surface area contributed by atoms with Crippen molar-refractivity contribution in [2.75, 3.05) is 6.61 Å². The summed E-state index contributed by atoms with van der Waals surface area (Å²) in [5, 5.41) is 0.0128. The molecule has 0 aromatic rings. The van der Waals surface area contributed by atoms with Crippen molar-refractivity contribution in [3.8, 4) is 0 Å². The second-order valence-corrected chi connectivity index (χ2v) is 5.91. The maximum atomic E-state index is 11.7. The maximum absolute atomic E-state index is 11.7. The van der Waals surface area contributed by atoms with Crippen molar-refractivity contribution in [3.05, 3.63) is 0 Å². The van der Waals surface area contributed by atoms with Gasteiger partial charge >= 0.3 is 0 Å². The highest BCUT2D eigenvalue weighted by Crippen LogP contribution is 2.49. The molecule has 0 radical (unpaired) electrons. The van der Waals surface area contributed by atoms with E-state index in [1.165, 1.54) is 19.3 Å². The van der Waals surface area contributed by atoms with Crippen LogP contribution in [0.2, 0.25) is 0 Å². The molecule has 3 heteroatoms. The zero-order chi connectivity index (χ0) is 9.03. The van der Waals surface area contributed by atoms with Crippen molar-refractivity contribution in [1.29, 1.82) is 0 Å². The number of rotatable bonds is 3. The van der Waals surface area contributed by atoms with Gasteiger partial charge in [0.1, 0.15) is 0 Å². The van der Waals surface area contributed by atoms with Crippen LogP contribution < -0.4 is 0 Å².